The summed E-state index contributed by atoms with van der Waals surface area (Å²) in [5.74, 6) is -6.66. The molecule has 2 amide bonds. The van der Waals surface area contributed by atoms with Gasteiger partial charge in [0.15, 0.2) is 23.6 Å². The maximum absolute atomic E-state index is 13.7. The maximum atomic E-state index is 13.7. The first-order valence-corrected chi connectivity index (χ1v) is 9.32. The molecule has 0 spiro atoms. The Balaban J connectivity index is 1.68. The van der Waals surface area contributed by atoms with Crippen LogP contribution in [0.2, 0.25) is 0 Å². The van der Waals surface area contributed by atoms with E-state index >= 15 is 0 Å². The number of carbonyl (C=O) groups excluding carboxylic acids is 3. The lowest BCUT2D eigenvalue weighted by molar-refractivity contribution is -0.123. The van der Waals surface area contributed by atoms with E-state index in [0.717, 1.165) is 11.0 Å². The fraction of sp³-hybridized carbons (Fsp3) is 0.211. The number of amides is 2. The summed E-state index contributed by atoms with van der Waals surface area (Å²) in [6.45, 7) is 2.99. The molecule has 6 nitrogen and oxygen atoms in total. The van der Waals surface area contributed by atoms with Crippen LogP contribution < -0.4 is 10.6 Å². The first-order chi connectivity index (χ1) is 13.7. The molecule has 0 bridgehead atoms. The number of esters is 1. The van der Waals surface area contributed by atoms with Gasteiger partial charge in [0.05, 0.1) is 22.2 Å². The highest BCUT2D eigenvalue weighted by Crippen LogP contribution is 2.36. The number of benzene rings is 2. The molecule has 29 heavy (non-hydrogen) atoms. The van der Waals surface area contributed by atoms with Gasteiger partial charge in [-0.2, -0.15) is 0 Å². The minimum atomic E-state index is -1.73. The summed E-state index contributed by atoms with van der Waals surface area (Å²) in [6.07, 6.45) is -1.35. The number of nitrogens with one attached hydrogen (secondary N) is 2. The van der Waals surface area contributed by atoms with Crippen molar-refractivity contribution in [3.05, 3.63) is 53.3 Å². The number of thioether (sulfide) groups is 1. The smallest absolute Gasteiger partial charge is 0.338 e. The molecule has 2 atom stereocenters. The Hall–Kier alpha value is -3.01. The lowest BCUT2D eigenvalue weighted by Crippen LogP contribution is -2.30. The molecule has 10 heteroatoms. The fourth-order valence-corrected chi connectivity index (χ4v) is 3.41. The average molecular weight is 424 g/mol. The molecular weight excluding hydrogens is 409 g/mol. The van der Waals surface area contributed by atoms with Crippen molar-refractivity contribution in [1.82, 2.24) is 0 Å². The van der Waals surface area contributed by atoms with Crippen LogP contribution in [-0.4, -0.2) is 29.1 Å². The Bertz CT molecular complexity index is 1020. The van der Waals surface area contributed by atoms with Crippen LogP contribution in [0.25, 0.3) is 0 Å². The van der Waals surface area contributed by atoms with Crippen LogP contribution in [0, 0.1) is 17.5 Å². The predicted octanol–water partition coefficient (Wildman–Crippen LogP) is 3.72. The third-order valence-corrected chi connectivity index (χ3v) is 5.27. The van der Waals surface area contributed by atoms with Crippen LogP contribution >= 0.6 is 11.8 Å². The first kappa shape index (κ1) is 20.7. The maximum Gasteiger partial charge on any atom is 0.338 e. The average Bonchev–Trinajstić information content (AvgIpc) is 2.68. The van der Waals surface area contributed by atoms with Crippen LogP contribution in [0.4, 0.5) is 24.5 Å². The van der Waals surface area contributed by atoms with E-state index in [-0.39, 0.29) is 16.7 Å². The molecule has 3 rings (SSSR count). The summed E-state index contributed by atoms with van der Waals surface area (Å²) in [5.41, 5.74) is -0.0363. The van der Waals surface area contributed by atoms with Crippen molar-refractivity contribution in [2.75, 3.05) is 10.6 Å². The van der Waals surface area contributed by atoms with Gasteiger partial charge >= 0.3 is 5.97 Å². The molecule has 1 aliphatic rings. The SMILES string of the molecule is CC(OC(=O)c1ccc2c(c1)NC(=O)C(C)S2)C(=O)Nc1ccc(F)c(F)c1F. The lowest BCUT2D eigenvalue weighted by Gasteiger charge is -2.22. The molecule has 1 aliphatic heterocycles. The molecule has 0 saturated heterocycles. The molecule has 0 aromatic heterocycles. The number of hydrogen-bond acceptors (Lipinski definition) is 5. The van der Waals surface area contributed by atoms with E-state index < -0.39 is 41.1 Å². The quantitative estimate of drug-likeness (QED) is 0.577. The molecule has 2 unspecified atom stereocenters. The van der Waals surface area contributed by atoms with Crippen molar-refractivity contribution < 1.29 is 32.3 Å². The van der Waals surface area contributed by atoms with Crippen LogP contribution in [0.3, 0.4) is 0 Å². The molecule has 2 N–H and O–H groups in total. The van der Waals surface area contributed by atoms with Gasteiger partial charge in [-0.3, -0.25) is 9.59 Å². The Morgan fingerprint density at radius 3 is 2.62 bits per heavy atom. The van der Waals surface area contributed by atoms with Gasteiger partial charge in [0, 0.05) is 4.90 Å². The van der Waals surface area contributed by atoms with Gasteiger partial charge in [-0.15, -0.1) is 11.8 Å². The third-order valence-electron chi connectivity index (χ3n) is 4.09. The summed E-state index contributed by atoms with van der Waals surface area (Å²) in [5, 5.41) is 4.45. The van der Waals surface area contributed by atoms with Crippen molar-refractivity contribution in [1.29, 1.82) is 0 Å². The van der Waals surface area contributed by atoms with Crippen LogP contribution in [0.15, 0.2) is 35.2 Å². The normalized spacial score (nSPS) is 16.4. The highest BCUT2D eigenvalue weighted by Gasteiger charge is 2.26. The van der Waals surface area contributed by atoms with Crippen molar-refractivity contribution in [3.63, 3.8) is 0 Å². The fourth-order valence-electron chi connectivity index (χ4n) is 2.47. The second-order valence-corrected chi connectivity index (χ2v) is 7.60. The monoisotopic (exact) mass is 424 g/mol. The molecular formula is C19H15F3N2O4S. The zero-order chi connectivity index (χ0) is 21.3. The summed E-state index contributed by atoms with van der Waals surface area (Å²) in [4.78, 5) is 37.0. The summed E-state index contributed by atoms with van der Waals surface area (Å²) >= 11 is 1.34. The number of carbonyl (C=O) groups is 3. The Labute approximate surface area is 167 Å². The van der Waals surface area contributed by atoms with E-state index in [4.69, 9.17) is 4.74 Å². The number of halogens is 3. The molecule has 0 fully saturated rings. The molecule has 0 saturated carbocycles. The predicted molar refractivity (Wildman–Crippen MR) is 100 cm³/mol. The molecule has 152 valence electrons. The van der Waals surface area contributed by atoms with E-state index in [2.05, 4.69) is 5.32 Å². The van der Waals surface area contributed by atoms with Crippen LogP contribution in [-0.2, 0) is 14.3 Å². The highest BCUT2D eigenvalue weighted by molar-refractivity contribution is 8.00. The number of rotatable bonds is 4. The van der Waals surface area contributed by atoms with Crippen molar-refractivity contribution >= 4 is 40.9 Å². The van der Waals surface area contributed by atoms with Gasteiger partial charge < -0.3 is 15.4 Å². The van der Waals surface area contributed by atoms with Gasteiger partial charge in [-0.1, -0.05) is 0 Å². The Morgan fingerprint density at radius 2 is 1.90 bits per heavy atom. The van der Waals surface area contributed by atoms with Crippen LogP contribution in [0.1, 0.15) is 24.2 Å². The van der Waals surface area contributed by atoms with Crippen molar-refractivity contribution in [2.24, 2.45) is 0 Å². The summed E-state index contributed by atoms with van der Waals surface area (Å²) in [7, 11) is 0. The largest absolute Gasteiger partial charge is 0.449 e. The number of hydrogen-bond donors (Lipinski definition) is 2. The second kappa shape index (κ2) is 8.16. The second-order valence-electron chi connectivity index (χ2n) is 6.22. The molecule has 2 aromatic rings. The van der Waals surface area contributed by atoms with Gasteiger partial charge in [-0.05, 0) is 44.2 Å². The van der Waals surface area contributed by atoms with Crippen LogP contribution in [0.5, 0.6) is 0 Å². The van der Waals surface area contributed by atoms with Gasteiger partial charge in [-0.25, -0.2) is 18.0 Å². The number of fused-ring (bicyclic) bond motifs is 1. The molecule has 2 aromatic carbocycles. The van der Waals surface area contributed by atoms with Crippen molar-refractivity contribution in [3.8, 4) is 0 Å². The van der Waals surface area contributed by atoms with E-state index in [0.29, 0.717) is 11.8 Å². The zero-order valence-corrected chi connectivity index (χ0v) is 16.0. The van der Waals surface area contributed by atoms with Gasteiger partial charge in [0.1, 0.15) is 0 Å². The van der Waals surface area contributed by atoms with Crippen molar-refractivity contribution in [2.45, 2.75) is 30.1 Å². The van der Waals surface area contributed by atoms with E-state index in [1.54, 1.807) is 13.0 Å². The highest BCUT2D eigenvalue weighted by atomic mass is 32.2. The Kier molecular flexibility index (Phi) is 5.83. The van der Waals surface area contributed by atoms with Gasteiger partial charge in [0.25, 0.3) is 5.91 Å². The molecule has 1 heterocycles. The topological polar surface area (TPSA) is 84.5 Å². The standard InChI is InChI=1S/C19H15F3N2O4S/c1-8(17(25)23-12-5-4-11(20)15(21)16(12)22)28-19(27)10-3-6-14-13(7-10)24-18(26)9(2)29-14/h3-9H,1-2H3,(H,23,25)(H,24,26). The molecule has 0 aliphatic carbocycles. The first-order valence-electron chi connectivity index (χ1n) is 8.44. The third kappa shape index (κ3) is 4.37. The summed E-state index contributed by atoms with van der Waals surface area (Å²) < 4.78 is 44.9. The van der Waals surface area contributed by atoms with E-state index in [9.17, 15) is 27.6 Å². The van der Waals surface area contributed by atoms with E-state index in [1.807, 2.05) is 5.32 Å². The zero-order valence-electron chi connectivity index (χ0n) is 15.2. The van der Waals surface area contributed by atoms with Gasteiger partial charge in [0.2, 0.25) is 5.91 Å². The number of anilines is 2. The van der Waals surface area contributed by atoms with E-state index in [1.165, 1.54) is 30.8 Å². The minimum absolute atomic E-state index is 0.0952. The summed E-state index contributed by atoms with van der Waals surface area (Å²) in [6, 6.07) is 6.07. The minimum Gasteiger partial charge on any atom is -0.449 e. The Morgan fingerprint density at radius 1 is 1.17 bits per heavy atom. The lowest BCUT2D eigenvalue weighted by atomic mass is 10.2. The molecule has 0 radical (unpaired) electrons. The number of ether oxygens (including phenoxy) is 1.